The van der Waals surface area contributed by atoms with Crippen LogP contribution in [0.4, 0.5) is 0 Å². The van der Waals surface area contributed by atoms with Gasteiger partial charge in [0.1, 0.15) is 0 Å². The second-order valence-electron chi connectivity index (χ2n) is 3.89. The number of hydrogen-bond acceptors (Lipinski definition) is 1. The van der Waals surface area contributed by atoms with Gasteiger partial charge in [-0.3, -0.25) is 0 Å². The van der Waals surface area contributed by atoms with Gasteiger partial charge in [-0.25, -0.2) is 0 Å². The Morgan fingerprint density at radius 3 is 2.25 bits per heavy atom. The Kier molecular flexibility index (Phi) is 3.03. The molecule has 1 heteroatoms. The normalized spacial score (nSPS) is 11.8. The summed E-state index contributed by atoms with van der Waals surface area (Å²) in [5, 5.41) is 9.27. The first-order valence-electron chi connectivity index (χ1n) is 5.32. The van der Waals surface area contributed by atoms with E-state index in [0.717, 1.165) is 11.1 Å². The molecule has 0 saturated carbocycles. The van der Waals surface area contributed by atoms with Crippen molar-refractivity contribution in [3.63, 3.8) is 0 Å². The van der Waals surface area contributed by atoms with Crippen molar-refractivity contribution in [2.75, 3.05) is 0 Å². The van der Waals surface area contributed by atoms with Crippen molar-refractivity contribution in [2.24, 2.45) is 0 Å². The fourth-order valence-electron chi connectivity index (χ4n) is 1.84. The maximum absolute atomic E-state index is 9.27. The molecule has 0 aromatic heterocycles. The molecule has 0 amide bonds. The SMILES string of the molecule is Cc1cccc(C(C#N)c2ccccc2)c1. The molecule has 0 aliphatic heterocycles. The lowest BCUT2D eigenvalue weighted by Gasteiger charge is -2.10. The number of aryl methyl sites for hydroxylation is 1. The number of hydrogen-bond donors (Lipinski definition) is 0. The minimum atomic E-state index is -0.166. The van der Waals surface area contributed by atoms with Crippen LogP contribution in [0, 0.1) is 18.3 Å². The fraction of sp³-hybridized carbons (Fsp3) is 0.133. The molecule has 1 atom stereocenters. The van der Waals surface area contributed by atoms with Crippen LogP contribution in [0.25, 0.3) is 0 Å². The Bertz CT molecular complexity index is 508. The molecular formula is C15H13N. The third kappa shape index (κ3) is 2.12. The highest BCUT2D eigenvalue weighted by molar-refractivity contribution is 5.39. The zero-order valence-electron chi connectivity index (χ0n) is 9.22. The first kappa shape index (κ1) is 10.4. The van der Waals surface area contributed by atoms with Gasteiger partial charge in [0.05, 0.1) is 12.0 Å². The second-order valence-corrected chi connectivity index (χ2v) is 3.89. The van der Waals surface area contributed by atoms with Crippen molar-refractivity contribution in [3.8, 4) is 6.07 Å². The van der Waals surface area contributed by atoms with E-state index in [1.54, 1.807) is 0 Å². The molecule has 0 saturated heterocycles. The van der Waals surface area contributed by atoms with Crippen LogP contribution in [0.5, 0.6) is 0 Å². The molecule has 0 radical (unpaired) electrons. The summed E-state index contributed by atoms with van der Waals surface area (Å²) in [5.74, 6) is -0.166. The summed E-state index contributed by atoms with van der Waals surface area (Å²) in [6, 6.07) is 20.4. The third-order valence-corrected chi connectivity index (χ3v) is 2.64. The van der Waals surface area contributed by atoms with Crippen LogP contribution in [0.3, 0.4) is 0 Å². The first-order valence-corrected chi connectivity index (χ1v) is 5.32. The number of nitrogens with zero attached hydrogens (tertiary/aromatic N) is 1. The smallest absolute Gasteiger partial charge is 0.0962 e. The van der Waals surface area contributed by atoms with Crippen LogP contribution in [0.15, 0.2) is 54.6 Å². The standard InChI is InChI=1S/C15H13N/c1-12-6-5-9-14(10-12)15(11-16)13-7-3-2-4-8-13/h2-10,15H,1H3. The molecular weight excluding hydrogens is 194 g/mol. The van der Waals surface area contributed by atoms with Gasteiger partial charge >= 0.3 is 0 Å². The molecule has 0 heterocycles. The lowest BCUT2D eigenvalue weighted by Crippen LogP contribution is -1.97. The highest BCUT2D eigenvalue weighted by Crippen LogP contribution is 2.24. The van der Waals surface area contributed by atoms with Crippen molar-refractivity contribution in [1.82, 2.24) is 0 Å². The average Bonchev–Trinajstić information content (AvgIpc) is 2.31. The summed E-state index contributed by atoms with van der Waals surface area (Å²) in [6.45, 7) is 2.04. The maximum Gasteiger partial charge on any atom is 0.0962 e. The van der Waals surface area contributed by atoms with Crippen LogP contribution in [0.2, 0.25) is 0 Å². The predicted molar refractivity (Wildman–Crippen MR) is 65.1 cm³/mol. The van der Waals surface area contributed by atoms with Crippen molar-refractivity contribution >= 4 is 0 Å². The van der Waals surface area contributed by atoms with Gasteiger partial charge < -0.3 is 0 Å². The molecule has 0 N–H and O–H groups in total. The quantitative estimate of drug-likeness (QED) is 0.737. The first-order chi connectivity index (χ1) is 7.81. The van der Waals surface area contributed by atoms with Crippen LogP contribution < -0.4 is 0 Å². The van der Waals surface area contributed by atoms with E-state index in [0.29, 0.717) is 0 Å². The maximum atomic E-state index is 9.27. The molecule has 0 fully saturated rings. The molecule has 2 aromatic carbocycles. The van der Waals surface area contributed by atoms with Gasteiger partial charge in [0.15, 0.2) is 0 Å². The van der Waals surface area contributed by atoms with E-state index < -0.39 is 0 Å². The summed E-state index contributed by atoms with van der Waals surface area (Å²) in [4.78, 5) is 0. The fourth-order valence-corrected chi connectivity index (χ4v) is 1.84. The van der Waals surface area contributed by atoms with Crippen molar-refractivity contribution in [2.45, 2.75) is 12.8 Å². The Labute approximate surface area is 96.0 Å². The second kappa shape index (κ2) is 4.63. The van der Waals surface area contributed by atoms with E-state index in [4.69, 9.17) is 0 Å². The molecule has 78 valence electrons. The minimum Gasteiger partial charge on any atom is -0.197 e. The molecule has 2 aromatic rings. The average molecular weight is 207 g/mol. The highest BCUT2D eigenvalue weighted by Gasteiger charge is 2.12. The van der Waals surface area contributed by atoms with Gasteiger partial charge in [-0.1, -0.05) is 60.2 Å². The number of benzene rings is 2. The van der Waals surface area contributed by atoms with Gasteiger partial charge in [0, 0.05) is 0 Å². The van der Waals surface area contributed by atoms with E-state index >= 15 is 0 Å². The summed E-state index contributed by atoms with van der Waals surface area (Å²) < 4.78 is 0. The monoisotopic (exact) mass is 207 g/mol. The summed E-state index contributed by atoms with van der Waals surface area (Å²) in [6.07, 6.45) is 0. The number of nitriles is 1. The molecule has 16 heavy (non-hydrogen) atoms. The third-order valence-electron chi connectivity index (χ3n) is 2.64. The molecule has 0 aliphatic carbocycles. The Morgan fingerprint density at radius 1 is 0.938 bits per heavy atom. The van der Waals surface area contributed by atoms with E-state index in [9.17, 15) is 5.26 Å². The van der Waals surface area contributed by atoms with Gasteiger partial charge in [-0.15, -0.1) is 0 Å². The molecule has 1 nitrogen and oxygen atoms in total. The van der Waals surface area contributed by atoms with E-state index in [2.05, 4.69) is 12.1 Å². The van der Waals surface area contributed by atoms with Crippen LogP contribution in [-0.2, 0) is 0 Å². The van der Waals surface area contributed by atoms with E-state index in [1.165, 1.54) is 5.56 Å². The lowest BCUT2D eigenvalue weighted by molar-refractivity contribution is 1.03. The molecule has 0 bridgehead atoms. The van der Waals surface area contributed by atoms with Crippen LogP contribution >= 0.6 is 0 Å². The highest BCUT2D eigenvalue weighted by atomic mass is 14.3. The Balaban J connectivity index is 2.42. The van der Waals surface area contributed by atoms with Gasteiger partial charge in [-0.2, -0.15) is 5.26 Å². The van der Waals surface area contributed by atoms with Crippen molar-refractivity contribution in [3.05, 3.63) is 71.3 Å². The molecule has 1 unspecified atom stereocenters. The zero-order valence-corrected chi connectivity index (χ0v) is 9.22. The minimum absolute atomic E-state index is 0.166. The van der Waals surface area contributed by atoms with Gasteiger partial charge in [0.25, 0.3) is 0 Å². The summed E-state index contributed by atoms with van der Waals surface area (Å²) in [7, 11) is 0. The molecule has 0 aliphatic rings. The number of rotatable bonds is 2. The lowest BCUT2D eigenvalue weighted by atomic mass is 9.92. The van der Waals surface area contributed by atoms with Gasteiger partial charge in [-0.05, 0) is 18.1 Å². The van der Waals surface area contributed by atoms with Gasteiger partial charge in [0.2, 0.25) is 0 Å². The van der Waals surface area contributed by atoms with E-state index in [-0.39, 0.29) is 5.92 Å². The Morgan fingerprint density at radius 2 is 1.62 bits per heavy atom. The van der Waals surface area contributed by atoms with Crippen molar-refractivity contribution in [1.29, 1.82) is 5.26 Å². The predicted octanol–water partition coefficient (Wildman–Crippen LogP) is 3.65. The molecule has 2 rings (SSSR count). The zero-order chi connectivity index (χ0) is 11.4. The topological polar surface area (TPSA) is 23.8 Å². The van der Waals surface area contributed by atoms with Crippen LogP contribution in [0.1, 0.15) is 22.6 Å². The summed E-state index contributed by atoms with van der Waals surface area (Å²) in [5.41, 5.74) is 3.30. The summed E-state index contributed by atoms with van der Waals surface area (Å²) >= 11 is 0. The molecule has 0 spiro atoms. The Hall–Kier alpha value is -2.07. The van der Waals surface area contributed by atoms with Crippen LogP contribution in [-0.4, -0.2) is 0 Å². The largest absolute Gasteiger partial charge is 0.197 e. The van der Waals surface area contributed by atoms with Crippen molar-refractivity contribution < 1.29 is 0 Å². The van der Waals surface area contributed by atoms with E-state index in [1.807, 2.05) is 55.5 Å².